The third-order valence-corrected chi connectivity index (χ3v) is 5.94. The summed E-state index contributed by atoms with van der Waals surface area (Å²) in [6.45, 7) is 5.89. The van der Waals surface area contributed by atoms with Gasteiger partial charge in [-0.05, 0) is 37.0 Å². The normalized spacial score (nSPS) is 20.1. The Hall–Kier alpha value is -1.46. The maximum absolute atomic E-state index is 5.47. The van der Waals surface area contributed by atoms with Crippen molar-refractivity contribution in [3.8, 4) is 17.2 Å². The average molecular weight is 363 g/mol. The molecule has 0 N–H and O–H groups in total. The van der Waals surface area contributed by atoms with Crippen molar-refractivity contribution in [2.45, 2.75) is 44.6 Å². The second-order valence-electron chi connectivity index (χ2n) is 7.45. The number of nitrogens with zero attached hydrogens (tertiary/aromatic N) is 2. The zero-order chi connectivity index (χ0) is 18.4. The molecule has 0 spiro atoms. The number of ether oxygens (including phenoxy) is 3. The Balaban J connectivity index is 1.52. The molecular weight excluding hydrogens is 328 g/mol. The van der Waals surface area contributed by atoms with Gasteiger partial charge in [0.05, 0.1) is 21.3 Å². The van der Waals surface area contributed by atoms with Crippen LogP contribution in [0.3, 0.4) is 0 Å². The number of hydrogen-bond acceptors (Lipinski definition) is 5. The van der Waals surface area contributed by atoms with E-state index >= 15 is 0 Å². The predicted molar refractivity (Wildman–Crippen MR) is 105 cm³/mol. The standard InChI is InChI=1S/C21H34N2O3/c1-24-19-15-17(16-20(25-2)21(19)26-3)9-10-22-11-13-23(14-12-22)18-7-5-4-6-8-18/h15-16,18H,4-14H2,1-3H3. The fourth-order valence-electron chi connectivity index (χ4n) is 4.37. The first-order valence-corrected chi connectivity index (χ1v) is 10.0. The highest BCUT2D eigenvalue weighted by Gasteiger charge is 2.25. The molecule has 0 atom stereocenters. The summed E-state index contributed by atoms with van der Waals surface area (Å²) >= 11 is 0. The van der Waals surface area contributed by atoms with Gasteiger partial charge in [0.15, 0.2) is 11.5 Å². The van der Waals surface area contributed by atoms with Gasteiger partial charge in [0, 0.05) is 38.8 Å². The largest absolute Gasteiger partial charge is 0.493 e. The number of methoxy groups -OCH3 is 3. The summed E-state index contributed by atoms with van der Waals surface area (Å²) in [6.07, 6.45) is 8.10. The summed E-state index contributed by atoms with van der Waals surface area (Å²) in [5.41, 5.74) is 1.23. The number of piperazine rings is 1. The third-order valence-electron chi connectivity index (χ3n) is 5.94. The zero-order valence-corrected chi connectivity index (χ0v) is 16.6. The van der Waals surface area contributed by atoms with Crippen LogP contribution in [0, 0.1) is 0 Å². The van der Waals surface area contributed by atoms with Gasteiger partial charge in [-0.15, -0.1) is 0 Å². The maximum Gasteiger partial charge on any atom is 0.203 e. The van der Waals surface area contributed by atoms with E-state index in [9.17, 15) is 0 Å². The Morgan fingerprint density at radius 1 is 0.846 bits per heavy atom. The van der Waals surface area contributed by atoms with E-state index < -0.39 is 0 Å². The highest BCUT2D eigenvalue weighted by atomic mass is 16.5. The van der Waals surface area contributed by atoms with Gasteiger partial charge >= 0.3 is 0 Å². The molecule has 5 nitrogen and oxygen atoms in total. The van der Waals surface area contributed by atoms with E-state index in [4.69, 9.17) is 14.2 Å². The maximum atomic E-state index is 5.47. The average Bonchev–Trinajstić information content (AvgIpc) is 2.72. The van der Waals surface area contributed by atoms with Gasteiger partial charge < -0.3 is 19.1 Å². The minimum absolute atomic E-state index is 0.667. The summed E-state index contributed by atoms with van der Waals surface area (Å²) in [5, 5.41) is 0. The molecule has 1 saturated heterocycles. The molecule has 146 valence electrons. The Morgan fingerprint density at radius 3 is 2.00 bits per heavy atom. The molecular formula is C21H34N2O3. The summed E-state index contributed by atoms with van der Waals surface area (Å²) in [6, 6.07) is 4.99. The van der Waals surface area contributed by atoms with Gasteiger partial charge in [-0.25, -0.2) is 0 Å². The topological polar surface area (TPSA) is 34.2 Å². The van der Waals surface area contributed by atoms with Gasteiger partial charge in [0.2, 0.25) is 5.75 Å². The van der Waals surface area contributed by atoms with Crippen LogP contribution in [0.4, 0.5) is 0 Å². The van der Waals surface area contributed by atoms with Crippen LogP contribution in [0.1, 0.15) is 37.7 Å². The van der Waals surface area contributed by atoms with Crippen molar-refractivity contribution in [1.82, 2.24) is 9.80 Å². The summed E-state index contributed by atoms with van der Waals surface area (Å²) < 4.78 is 16.3. The second-order valence-corrected chi connectivity index (χ2v) is 7.45. The van der Waals surface area contributed by atoms with Crippen molar-refractivity contribution in [2.24, 2.45) is 0 Å². The number of benzene rings is 1. The number of hydrogen-bond donors (Lipinski definition) is 0. The van der Waals surface area contributed by atoms with E-state index in [1.807, 2.05) is 0 Å². The van der Waals surface area contributed by atoms with E-state index in [0.29, 0.717) is 5.75 Å². The van der Waals surface area contributed by atoms with Gasteiger partial charge in [0.1, 0.15) is 0 Å². The van der Waals surface area contributed by atoms with Crippen molar-refractivity contribution >= 4 is 0 Å². The molecule has 1 aromatic rings. The van der Waals surface area contributed by atoms with Crippen LogP contribution in [0.5, 0.6) is 17.2 Å². The molecule has 0 unspecified atom stereocenters. The zero-order valence-electron chi connectivity index (χ0n) is 16.6. The fourth-order valence-corrected chi connectivity index (χ4v) is 4.37. The van der Waals surface area contributed by atoms with Crippen LogP contribution in [0.15, 0.2) is 12.1 Å². The van der Waals surface area contributed by atoms with Crippen LogP contribution < -0.4 is 14.2 Å². The van der Waals surface area contributed by atoms with Crippen molar-refractivity contribution in [3.63, 3.8) is 0 Å². The van der Waals surface area contributed by atoms with Crippen LogP contribution in [-0.4, -0.2) is 69.9 Å². The number of rotatable bonds is 7. The first kappa shape index (κ1) is 19.3. The smallest absolute Gasteiger partial charge is 0.203 e. The van der Waals surface area contributed by atoms with Crippen molar-refractivity contribution < 1.29 is 14.2 Å². The van der Waals surface area contributed by atoms with E-state index in [0.717, 1.165) is 30.5 Å². The first-order chi connectivity index (χ1) is 12.7. The molecule has 1 heterocycles. The second kappa shape index (κ2) is 9.47. The molecule has 2 aliphatic rings. The molecule has 1 aromatic carbocycles. The first-order valence-electron chi connectivity index (χ1n) is 10.0. The van der Waals surface area contributed by atoms with E-state index in [2.05, 4.69) is 21.9 Å². The molecule has 26 heavy (non-hydrogen) atoms. The molecule has 5 heteroatoms. The fraction of sp³-hybridized carbons (Fsp3) is 0.714. The van der Waals surface area contributed by atoms with Crippen LogP contribution in [-0.2, 0) is 6.42 Å². The van der Waals surface area contributed by atoms with Crippen molar-refractivity contribution in [2.75, 3.05) is 54.1 Å². The molecule has 0 aromatic heterocycles. The Bertz CT molecular complexity index is 539. The third kappa shape index (κ3) is 4.63. The summed E-state index contributed by atoms with van der Waals surface area (Å²) in [7, 11) is 4.99. The molecule has 3 rings (SSSR count). The van der Waals surface area contributed by atoms with E-state index in [-0.39, 0.29) is 0 Å². The summed E-state index contributed by atoms with van der Waals surface area (Å²) in [4.78, 5) is 5.32. The molecule has 1 aliphatic heterocycles. The highest BCUT2D eigenvalue weighted by molar-refractivity contribution is 5.53. The molecule has 0 radical (unpaired) electrons. The molecule has 0 amide bonds. The minimum atomic E-state index is 0.667. The quantitative estimate of drug-likeness (QED) is 0.744. The van der Waals surface area contributed by atoms with Gasteiger partial charge in [-0.1, -0.05) is 19.3 Å². The lowest BCUT2D eigenvalue weighted by Crippen LogP contribution is -2.51. The minimum Gasteiger partial charge on any atom is -0.493 e. The van der Waals surface area contributed by atoms with Gasteiger partial charge in [-0.2, -0.15) is 0 Å². The Labute approximate surface area is 158 Å². The van der Waals surface area contributed by atoms with Gasteiger partial charge in [-0.3, -0.25) is 4.90 Å². The van der Waals surface area contributed by atoms with E-state index in [1.165, 1.54) is 63.8 Å². The SMILES string of the molecule is COc1cc(CCN2CCN(C3CCCCC3)CC2)cc(OC)c1OC. The molecule has 1 aliphatic carbocycles. The lowest BCUT2D eigenvalue weighted by molar-refractivity contribution is 0.0796. The Morgan fingerprint density at radius 2 is 1.46 bits per heavy atom. The van der Waals surface area contributed by atoms with Crippen LogP contribution in [0.25, 0.3) is 0 Å². The summed E-state index contributed by atoms with van der Waals surface area (Å²) in [5.74, 6) is 2.15. The predicted octanol–water partition coefficient (Wildman–Crippen LogP) is 3.21. The molecule has 2 fully saturated rings. The lowest BCUT2D eigenvalue weighted by atomic mass is 9.94. The monoisotopic (exact) mass is 362 g/mol. The van der Waals surface area contributed by atoms with Crippen LogP contribution in [0.2, 0.25) is 0 Å². The highest BCUT2D eigenvalue weighted by Crippen LogP contribution is 2.38. The Kier molecular flexibility index (Phi) is 7.03. The van der Waals surface area contributed by atoms with Gasteiger partial charge in [0.25, 0.3) is 0 Å². The van der Waals surface area contributed by atoms with Crippen LogP contribution >= 0.6 is 0 Å². The van der Waals surface area contributed by atoms with E-state index in [1.54, 1.807) is 21.3 Å². The lowest BCUT2D eigenvalue weighted by Gasteiger charge is -2.40. The van der Waals surface area contributed by atoms with Crippen molar-refractivity contribution in [1.29, 1.82) is 0 Å². The molecule has 0 bridgehead atoms. The molecule has 1 saturated carbocycles. The van der Waals surface area contributed by atoms with Crippen molar-refractivity contribution in [3.05, 3.63) is 17.7 Å².